The van der Waals surface area contributed by atoms with Gasteiger partial charge in [-0.25, -0.2) is 4.79 Å². The highest BCUT2D eigenvalue weighted by Gasteiger charge is 2.07. The van der Waals surface area contributed by atoms with E-state index in [1.54, 1.807) is 0 Å². The van der Waals surface area contributed by atoms with Gasteiger partial charge < -0.3 is 21.4 Å². The van der Waals surface area contributed by atoms with Gasteiger partial charge in [-0.2, -0.15) is 0 Å². The van der Waals surface area contributed by atoms with Crippen molar-refractivity contribution in [3.8, 4) is 0 Å². The highest BCUT2D eigenvalue weighted by atomic mass is 16.2. The Hall–Kier alpha value is -2.50. The highest BCUT2D eigenvalue weighted by molar-refractivity contribution is 5.88. The van der Waals surface area contributed by atoms with Crippen LogP contribution in [-0.2, 0) is 11.2 Å². The molecular weight excluding hydrogens is 244 g/mol. The zero-order valence-electron chi connectivity index (χ0n) is 10.4. The Labute approximate surface area is 110 Å². The van der Waals surface area contributed by atoms with E-state index in [0.717, 1.165) is 16.5 Å². The Morgan fingerprint density at radius 2 is 1.89 bits per heavy atom. The number of amides is 3. The molecule has 0 unspecified atom stereocenters. The summed E-state index contributed by atoms with van der Waals surface area (Å²) < 4.78 is 0. The Balaban J connectivity index is 1.87. The van der Waals surface area contributed by atoms with E-state index >= 15 is 0 Å². The molecule has 0 saturated heterocycles. The number of aromatic nitrogens is 1. The lowest BCUT2D eigenvalue weighted by Crippen LogP contribution is -2.37. The van der Waals surface area contributed by atoms with Gasteiger partial charge in [0.05, 0.1) is 6.42 Å². The first kappa shape index (κ1) is 12.9. The SMILES string of the molecule is NC(=O)NCCNC(=O)Cc1c[nH]c2ccccc12. The molecule has 3 amide bonds. The minimum absolute atomic E-state index is 0.0870. The summed E-state index contributed by atoms with van der Waals surface area (Å²) in [5.41, 5.74) is 6.88. The maximum atomic E-state index is 11.7. The van der Waals surface area contributed by atoms with Crippen molar-refractivity contribution in [2.24, 2.45) is 5.73 Å². The van der Waals surface area contributed by atoms with Crippen LogP contribution in [0.15, 0.2) is 30.5 Å². The van der Waals surface area contributed by atoms with Crippen LogP contribution in [0, 0.1) is 0 Å². The van der Waals surface area contributed by atoms with Gasteiger partial charge in [-0.1, -0.05) is 18.2 Å². The van der Waals surface area contributed by atoms with Gasteiger partial charge in [0.1, 0.15) is 0 Å². The van der Waals surface area contributed by atoms with Gasteiger partial charge in [0.15, 0.2) is 0 Å². The summed E-state index contributed by atoms with van der Waals surface area (Å²) in [7, 11) is 0. The molecule has 0 aliphatic carbocycles. The fourth-order valence-electron chi connectivity index (χ4n) is 1.90. The van der Waals surface area contributed by atoms with Gasteiger partial charge in [0, 0.05) is 30.2 Å². The monoisotopic (exact) mass is 260 g/mol. The van der Waals surface area contributed by atoms with E-state index in [4.69, 9.17) is 5.73 Å². The minimum atomic E-state index is -0.592. The van der Waals surface area contributed by atoms with Crippen molar-refractivity contribution in [3.05, 3.63) is 36.0 Å². The molecule has 2 aromatic rings. The number of hydrogen-bond donors (Lipinski definition) is 4. The highest BCUT2D eigenvalue weighted by Crippen LogP contribution is 2.17. The Morgan fingerprint density at radius 3 is 2.68 bits per heavy atom. The third-order valence-electron chi connectivity index (χ3n) is 2.77. The molecule has 19 heavy (non-hydrogen) atoms. The summed E-state index contributed by atoms with van der Waals surface area (Å²) in [6.07, 6.45) is 2.15. The van der Waals surface area contributed by atoms with Crippen LogP contribution in [0.3, 0.4) is 0 Å². The number of H-pyrrole nitrogens is 1. The normalized spacial score (nSPS) is 10.3. The predicted molar refractivity (Wildman–Crippen MR) is 72.6 cm³/mol. The third kappa shape index (κ3) is 3.48. The number of hydrogen-bond acceptors (Lipinski definition) is 2. The number of primary amides is 1. The Morgan fingerprint density at radius 1 is 1.16 bits per heavy atom. The molecule has 0 aliphatic rings. The molecule has 2 rings (SSSR count). The lowest BCUT2D eigenvalue weighted by atomic mass is 10.1. The summed E-state index contributed by atoms with van der Waals surface area (Å²) in [5.74, 6) is -0.0870. The molecular formula is C13H16N4O2. The number of urea groups is 1. The van der Waals surface area contributed by atoms with Crippen molar-refractivity contribution in [3.63, 3.8) is 0 Å². The number of fused-ring (bicyclic) bond motifs is 1. The first-order valence-electron chi connectivity index (χ1n) is 6.02. The zero-order chi connectivity index (χ0) is 13.7. The van der Waals surface area contributed by atoms with Crippen LogP contribution >= 0.6 is 0 Å². The van der Waals surface area contributed by atoms with E-state index in [0.29, 0.717) is 19.5 Å². The van der Waals surface area contributed by atoms with Gasteiger partial charge >= 0.3 is 6.03 Å². The lowest BCUT2D eigenvalue weighted by Gasteiger charge is -2.05. The van der Waals surface area contributed by atoms with Crippen LogP contribution in [0.2, 0.25) is 0 Å². The smallest absolute Gasteiger partial charge is 0.312 e. The summed E-state index contributed by atoms with van der Waals surface area (Å²) >= 11 is 0. The van der Waals surface area contributed by atoms with E-state index < -0.39 is 6.03 Å². The average molecular weight is 260 g/mol. The standard InChI is InChI=1S/C13H16N4O2/c14-13(19)16-6-5-15-12(18)7-9-8-17-11-4-2-1-3-10(9)11/h1-4,8,17H,5-7H2,(H,15,18)(H3,14,16,19). The van der Waals surface area contributed by atoms with Crippen LogP contribution < -0.4 is 16.4 Å². The average Bonchev–Trinajstić information content (AvgIpc) is 2.78. The molecule has 0 saturated carbocycles. The molecule has 6 heteroatoms. The number of para-hydroxylation sites is 1. The van der Waals surface area contributed by atoms with E-state index in [2.05, 4.69) is 15.6 Å². The van der Waals surface area contributed by atoms with Crippen molar-refractivity contribution in [2.75, 3.05) is 13.1 Å². The Kier molecular flexibility index (Phi) is 4.02. The van der Waals surface area contributed by atoms with Gasteiger partial charge in [-0.3, -0.25) is 4.79 Å². The van der Waals surface area contributed by atoms with Gasteiger partial charge in [0.2, 0.25) is 5.91 Å². The van der Waals surface area contributed by atoms with Crippen LogP contribution in [0.25, 0.3) is 10.9 Å². The number of nitrogens with one attached hydrogen (secondary N) is 3. The topological polar surface area (TPSA) is 100 Å². The largest absolute Gasteiger partial charge is 0.361 e. The fourth-order valence-corrected chi connectivity index (χ4v) is 1.90. The molecule has 0 atom stereocenters. The van der Waals surface area contributed by atoms with Crippen LogP contribution in [0.5, 0.6) is 0 Å². The second-order valence-electron chi connectivity index (χ2n) is 4.18. The van der Waals surface area contributed by atoms with E-state index in [1.807, 2.05) is 30.5 Å². The lowest BCUT2D eigenvalue weighted by molar-refractivity contribution is -0.120. The van der Waals surface area contributed by atoms with Crippen molar-refractivity contribution in [2.45, 2.75) is 6.42 Å². The van der Waals surface area contributed by atoms with E-state index in [1.165, 1.54) is 0 Å². The molecule has 0 aliphatic heterocycles. The summed E-state index contributed by atoms with van der Waals surface area (Å²) in [4.78, 5) is 25.3. The fraction of sp³-hybridized carbons (Fsp3) is 0.231. The minimum Gasteiger partial charge on any atom is -0.361 e. The van der Waals surface area contributed by atoms with Gasteiger partial charge in [0.25, 0.3) is 0 Å². The maximum Gasteiger partial charge on any atom is 0.312 e. The van der Waals surface area contributed by atoms with Crippen molar-refractivity contribution >= 4 is 22.8 Å². The first-order valence-corrected chi connectivity index (χ1v) is 6.02. The first-order chi connectivity index (χ1) is 9.16. The molecule has 100 valence electrons. The molecule has 0 fully saturated rings. The number of carbonyl (C=O) groups is 2. The molecule has 0 radical (unpaired) electrons. The summed E-state index contributed by atoms with van der Waals surface area (Å²) in [6.45, 7) is 0.694. The maximum absolute atomic E-state index is 11.7. The predicted octanol–water partition coefficient (Wildman–Crippen LogP) is 0.495. The molecule has 1 aromatic carbocycles. The molecule has 0 bridgehead atoms. The molecule has 1 aromatic heterocycles. The Bertz CT molecular complexity index is 591. The molecule has 6 nitrogen and oxygen atoms in total. The van der Waals surface area contributed by atoms with E-state index in [-0.39, 0.29) is 5.91 Å². The van der Waals surface area contributed by atoms with Crippen molar-refractivity contribution in [1.82, 2.24) is 15.6 Å². The zero-order valence-corrected chi connectivity index (χ0v) is 10.4. The number of carbonyl (C=O) groups excluding carboxylic acids is 2. The van der Waals surface area contributed by atoms with E-state index in [9.17, 15) is 9.59 Å². The molecule has 5 N–H and O–H groups in total. The van der Waals surface area contributed by atoms with Crippen molar-refractivity contribution < 1.29 is 9.59 Å². The van der Waals surface area contributed by atoms with Crippen molar-refractivity contribution in [1.29, 1.82) is 0 Å². The number of nitrogens with two attached hydrogens (primary N) is 1. The second kappa shape index (κ2) is 5.90. The molecule has 1 heterocycles. The van der Waals surface area contributed by atoms with Crippen LogP contribution in [0.1, 0.15) is 5.56 Å². The molecule has 0 spiro atoms. The number of aromatic amines is 1. The quantitative estimate of drug-likeness (QED) is 0.588. The van der Waals surface area contributed by atoms with Gasteiger partial charge in [-0.15, -0.1) is 0 Å². The van der Waals surface area contributed by atoms with Crippen LogP contribution in [-0.4, -0.2) is 30.0 Å². The van der Waals surface area contributed by atoms with Gasteiger partial charge in [-0.05, 0) is 11.6 Å². The summed E-state index contributed by atoms with van der Waals surface area (Å²) in [5, 5.41) is 6.17. The summed E-state index contributed by atoms with van der Waals surface area (Å²) in [6, 6.07) is 7.23. The van der Waals surface area contributed by atoms with Crippen LogP contribution in [0.4, 0.5) is 4.79 Å². The number of rotatable bonds is 5. The second-order valence-corrected chi connectivity index (χ2v) is 4.18. The number of benzene rings is 1. The third-order valence-corrected chi connectivity index (χ3v) is 2.77.